The molecule has 4 nitrogen and oxygen atoms in total. The summed E-state index contributed by atoms with van der Waals surface area (Å²) in [5.74, 6) is 0.414. The van der Waals surface area contributed by atoms with Crippen molar-refractivity contribution in [2.75, 3.05) is 20.2 Å². The first kappa shape index (κ1) is 18.4. The number of rotatable bonds is 7. The van der Waals surface area contributed by atoms with E-state index in [2.05, 4.69) is 43.1 Å². The zero-order valence-corrected chi connectivity index (χ0v) is 15.9. The Kier molecular flexibility index (Phi) is 5.80. The number of ether oxygens (including phenoxy) is 1. The third-order valence-corrected chi connectivity index (χ3v) is 6.36. The van der Waals surface area contributed by atoms with E-state index in [1.54, 1.807) is 0 Å². The van der Waals surface area contributed by atoms with Gasteiger partial charge >= 0.3 is 0 Å². The van der Waals surface area contributed by atoms with Crippen LogP contribution in [0.5, 0.6) is 0 Å². The standard InChI is InChI=1S/C21H32N2O2/c1-4-21(5-2,25-3)19-12-9-14-22(19)23-15-13-18(20(23)24)16-17-10-7-6-8-11-17/h6-8,10-11,18-19H,4-5,9,12-16H2,1-3H3. The number of methoxy groups -OCH3 is 1. The quantitative estimate of drug-likeness (QED) is 0.757. The summed E-state index contributed by atoms with van der Waals surface area (Å²) in [7, 11) is 1.83. The molecule has 1 amide bonds. The lowest BCUT2D eigenvalue weighted by Crippen LogP contribution is -2.57. The predicted octanol–water partition coefficient (Wildman–Crippen LogP) is 3.66. The topological polar surface area (TPSA) is 32.8 Å². The second-order valence-corrected chi connectivity index (χ2v) is 7.43. The Morgan fingerprint density at radius 2 is 1.84 bits per heavy atom. The van der Waals surface area contributed by atoms with E-state index in [4.69, 9.17) is 4.74 Å². The molecule has 0 spiro atoms. The van der Waals surface area contributed by atoms with Crippen LogP contribution in [-0.2, 0) is 16.0 Å². The maximum Gasteiger partial charge on any atom is 0.240 e. The van der Waals surface area contributed by atoms with Crippen molar-refractivity contribution in [3.63, 3.8) is 0 Å². The van der Waals surface area contributed by atoms with E-state index < -0.39 is 0 Å². The summed E-state index contributed by atoms with van der Waals surface area (Å²) >= 11 is 0. The van der Waals surface area contributed by atoms with E-state index in [0.717, 1.165) is 51.6 Å². The largest absolute Gasteiger partial charge is 0.377 e. The number of carbonyl (C=O) groups is 1. The lowest BCUT2D eigenvalue weighted by Gasteiger charge is -2.44. The van der Waals surface area contributed by atoms with Gasteiger partial charge in [0.25, 0.3) is 0 Å². The van der Waals surface area contributed by atoms with E-state index in [9.17, 15) is 4.79 Å². The fourth-order valence-corrected chi connectivity index (χ4v) is 4.79. The van der Waals surface area contributed by atoms with Gasteiger partial charge in [-0.2, -0.15) is 0 Å². The van der Waals surface area contributed by atoms with E-state index in [0.29, 0.717) is 11.9 Å². The molecule has 0 saturated carbocycles. The number of hydrogen-bond acceptors (Lipinski definition) is 3. The van der Waals surface area contributed by atoms with Crippen LogP contribution in [0.2, 0.25) is 0 Å². The Balaban J connectivity index is 1.72. The highest BCUT2D eigenvalue weighted by molar-refractivity contribution is 5.80. The number of carbonyl (C=O) groups excluding carboxylic acids is 1. The van der Waals surface area contributed by atoms with Gasteiger partial charge in [0.05, 0.1) is 11.6 Å². The summed E-state index contributed by atoms with van der Waals surface area (Å²) in [6, 6.07) is 10.7. The molecule has 2 aliphatic rings. The van der Waals surface area contributed by atoms with Crippen molar-refractivity contribution in [2.45, 2.75) is 64.0 Å². The molecule has 0 aliphatic carbocycles. The molecule has 0 aromatic heterocycles. The molecule has 1 aromatic carbocycles. The Bertz CT molecular complexity index is 562. The first-order valence-corrected chi connectivity index (χ1v) is 9.82. The zero-order chi connectivity index (χ0) is 17.9. The third kappa shape index (κ3) is 3.47. The van der Waals surface area contributed by atoms with Gasteiger partial charge in [-0.3, -0.25) is 9.80 Å². The van der Waals surface area contributed by atoms with Gasteiger partial charge in [0.1, 0.15) is 0 Å². The molecule has 0 N–H and O–H groups in total. The molecule has 2 atom stereocenters. The minimum absolute atomic E-state index is 0.115. The highest BCUT2D eigenvalue weighted by Gasteiger charge is 2.47. The first-order valence-electron chi connectivity index (χ1n) is 9.82. The smallest absolute Gasteiger partial charge is 0.240 e. The highest BCUT2D eigenvalue weighted by atomic mass is 16.5. The van der Waals surface area contributed by atoms with Crippen LogP contribution in [0.25, 0.3) is 0 Å². The van der Waals surface area contributed by atoms with E-state index in [1.807, 2.05) is 18.2 Å². The van der Waals surface area contributed by atoms with E-state index in [1.165, 1.54) is 5.56 Å². The molecule has 3 rings (SSSR count). The van der Waals surface area contributed by atoms with Crippen molar-refractivity contribution in [3.05, 3.63) is 35.9 Å². The number of nitrogens with zero attached hydrogens (tertiary/aromatic N) is 2. The molecular formula is C21H32N2O2. The SMILES string of the molecule is CCC(CC)(OC)C1CCCN1N1CCC(Cc2ccccc2)C1=O. The van der Waals surface area contributed by atoms with Crippen molar-refractivity contribution in [1.29, 1.82) is 0 Å². The Hall–Kier alpha value is -1.39. The summed E-state index contributed by atoms with van der Waals surface area (Å²) in [5, 5.41) is 4.38. The van der Waals surface area contributed by atoms with Gasteiger partial charge in [0, 0.05) is 26.1 Å². The molecule has 4 heteroatoms. The second-order valence-electron chi connectivity index (χ2n) is 7.43. The van der Waals surface area contributed by atoms with Crippen molar-refractivity contribution < 1.29 is 9.53 Å². The molecular weight excluding hydrogens is 312 g/mol. The maximum atomic E-state index is 13.1. The van der Waals surface area contributed by atoms with Gasteiger partial charge in [0.2, 0.25) is 5.91 Å². The first-order chi connectivity index (χ1) is 12.1. The van der Waals surface area contributed by atoms with Crippen LogP contribution in [0.15, 0.2) is 30.3 Å². The molecule has 0 radical (unpaired) electrons. The van der Waals surface area contributed by atoms with Crippen LogP contribution >= 0.6 is 0 Å². The third-order valence-electron chi connectivity index (χ3n) is 6.36. The Morgan fingerprint density at radius 1 is 1.12 bits per heavy atom. The van der Waals surface area contributed by atoms with Gasteiger partial charge in [-0.1, -0.05) is 44.2 Å². The summed E-state index contributed by atoms with van der Waals surface area (Å²) in [5.41, 5.74) is 1.11. The molecule has 138 valence electrons. The molecule has 25 heavy (non-hydrogen) atoms. The fourth-order valence-electron chi connectivity index (χ4n) is 4.79. The van der Waals surface area contributed by atoms with Crippen molar-refractivity contribution in [3.8, 4) is 0 Å². The maximum absolute atomic E-state index is 13.1. The number of benzene rings is 1. The van der Waals surface area contributed by atoms with Crippen LogP contribution in [0.4, 0.5) is 0 Å². The van der Waals surface area contributed by atoms with Gasteiger partial charge in [0.15, 0.2) is 0 Å². The van der Waals surface area contributed by atoms with E-state index >= 15 is 0 Å². The number of hydrogen-bond donors (Lipinski definition) is 0. The minimum atomic E-state index is -0.145. The van der Waals surface area contributed by atoms with Crippen molar-refractivity contribution in [2.24, 2.45) is 5.92 Å². The van der Waals surface area contributed by atoms with Crippen LogP contribution < -0.4 is 0 Å². The molecule has 2 heterocycles. The number of hydrazine groups is 1. The predicted molar refractivity (Wildman–Crippen MR) is 100 cm³/mol. The molecule has 2 unspecified atom stereocenters. The van der Waals surface area contributed by atoms with E-state index in [-0.39, 0.29) is 11.5 Å². The van der Waals surface area contributed by atoms with Crippen LogP contribution in [0.1, 0.15) is 51.5 Å². The van der Waals surface area contributed by atoms with Gasteiger partial charge in [-0.05, 0) is 44.1 Å². The Morgan fingerprint density at radius 3 is 2.48 bits per heavy atom. The zero-order valence-electron chi connectivity index (χ0n) is 15.9. The van der Waals surface area contributed by atoms with Gasteiger partial charge in [-0.15, -0.1) is 0 Å². The summed E-state index contributed by atoms with van der Waals surface area (Å²) in [6.45, 7) is 6.22. The molecule has 2 saturated heterocycles. The lowest BCUT2D eigenvalue weighted by molar-refractivity contribution is -0.162. The highest BCUT2D eigenvalue weighted by Crippen LogP contribution is 2.37. The second kappa shape index (κ2) is 7.88. The monoisotopic (exact) mass is 344 g/mol. The Labute approximate surface area is 152 Å². The van der Waals surface area contributed by atoms with Crippen LogP contribution in [0.3, 0.4) is 0 Å². The summed E-state index contributed by atoms with van der Waals surface area (Å²) < 4.78 is 5.99. The molecule has 2 fully saturated rings. The molecule has 2 aliphatic heterocycles. The average molecular weight is 344 g/mol. The van der Waals surface area contributed by atoms with Gasteiger partial charge in [-0.25, -0.2) is 5.01 Å². The average Bonchev–Trinajstić information content (AvgIpc) is 3.26. The lowest BCUT2D eigenvalue weighted by atomic mass is 9.87. The minimum Gasteiger partial charge on any atom is -0.377 e. The summed E-state index contributed by atoms with van der Waals surface area (Å²) in [6.07, 6.45) is 6.03. The number of amides is 1. The fraction of sp³-hybridized carbons (Fsp3) is 0.667. The van der Waals surface area contributed by atoms with Crippen molar-refractivity contribution in [1.82, 2.24) is 10.0 Å². The normalized spacial score (nSPS) is 25.1. The molecule has 1 aromatic rings. The summed E-state index contributed by atoms with van der Waals surface area (Å²) in [4.78, 5) is 13.1. The van der Waals surface area contributed by atoms with Crippen molar-refractivity contribution >= 4 is 5.91 Å². The van der Waals surface area contributed by atoms with Crippen LogP contribution in [0, 0.1) is 5.92 Å². The van der Waals surface area contributed by atoms with Gasteiger partial charge < -0.3 is 4.74 Å². The van der Waals surface area contributed by atoms with Crippen LogP contribution in [-0.4, -0.2) is 47.8 Å². The molecule has 0 bridgehead atoms.